The highest BCUT2D eigenvalue weighted by molar-refractivity contribution is 5.96. The molecule has 0 aliphatic heterocycles. The first-order valence-corrected chi connectivity index (χ1v) is 7.45. The summed E-state index contributed by atoms with van der Waals surface area (Å²) >= 11 is 0. The summed E-state index contributed by atoms with van der Waals surface area (Å²) in [6.07, 6.45) is 4.49. The topological polar surface area (TPSA) is 43.4 Å². The first-order chi connectivity index (χ1) is 9.67. The Morgan fingerprint density at radius 3 is 2.25 bits per heavy atom. The molecule has 0 bridgehead atoms. The Kier molecular flexibility index (Phi) is 7.63. The van der Waals surface area contributed by atoms with Crippen molar-refractivity contribution in [1.82, 2.24) is 0 Å². The maximum Gasteiger partial charge on any atom is 0.305 e. The molecule has 0 atom stereocenters. The zero-order valence-electron chi connectivity index (χ0n) is 12.5. The van der Waals surface area contributed by atoms with Gasteiger partial charge in [-0.25, -0.2) is 0 Å². The molecular weight excluding hydrogens is 252 g/mol. The molecule has 0 heterocycles. The van der Waals surface area contributed by atoms with Crippen LogP contribution in [0.4, 0.5) is 0 Å². The Morgan fingerprint density at radius 1 is 1.00 bits per heavy atom. The average Bonchev–Trinajstić information content (AvgIpc) is 2.45. The van der Waals surface area contributed by atoms with Crippen LogP contribution in [-0.2, 0) is 16.0 Å². The molecule has 1 aromatic carbocycles. The Labute approximate surface area is 121 Å². The minimum atomic E-state index is -0.177. The van der Waals surface area contributed by atoms with E-state index in [4.69, 9.17) is 4.74 Å². The van der Waals surface area contributed by atoms with Gasteiger partial charge in [-0.2, -0.15) is 0 Å². The molecule has 0 saturated heterocycles. The summed E-state index contributed by atoms with van der Waals surface area (Å²) in [5, 5.41) is 0. The molecule has 110 valence electrons. The quantitative estimate of drug-likeness (QED) is 0.390. The van der Waals surface area contributed by atoms with Gasteiger partial charge < -0.3 is 4.74 Å². The lowest BCUT2D eigenvalue weighted by atomic mass is 10.0. The van der Waals surface area contributed by atoms with E-state index in [0.29, 0.717) is 25.9 Å². The second-order valence-electron chi connectivity index (χ2n) is 4.88. The fourth-order valence-electron chi connectivity index (χ4n) is 2.08. The summed E-state index contributed by atoms with van der Waals surface area (Å²) in [4.78, 5) is 23.1. The summed E-state index contributed by atoms with van der Waals surface area (Å²) in [6, 6.07) is 7.85. The first kappa shape index (κ1) is 16.4. The van der Waals surface area contributed by atoms with Crippen LogP contribution >= 0.6 is 0 Å². The van der Waals surface area contributed by atoms with E-state index in [1.165, 1.54) is 5.56 Å². The number of carbonyl (C=O) groups is 2. The van der Waals surface area contributed by atoms with Gasteiger partial charge in [-0.1, -0.05) is 37.6 Å². The number of hydrogen-bond donors (Lipinski definition) is 0. The molecule has 0 N–H and O–H groups in total. The lowest BCUT2D eigenvalue weighted by Gasteiger charge is -2.04. The summed E-state index contributed by atoms with van der Waals surface area (Å²) in [5.41, 5.74) is 2.03. The van der Waals surface area contributed by atoms with E-state index in [-0.39, 0.29) is 11.8 Å². The van der Waals surface area contributed by atoms with Gasteiger partial charge in [0.15, 0.2) is 5.78 Å². The number of ether oxygens (including phenoxy) is 1. The Morgan fingerprint density at radius 2 is 1.65 bits per heavy atom. The van der Waals surface area contributed by atoms with Gasteiger partial charge in [0.25, 0.3) is 0 Å². The maximum atomic E-state index is 12.0. The van der Waals surface area contributed by atoms with Crippen LogP contribution in [0.3, 0.4) is 0 Å². The zero-order valence-corrected chi connectivity index (χ0v) is 12.5. The molecule has 1 rings (SSSR count). The summed E-state index contributed by atoms with van der Waals surface area (Å²) < 4.78 is 4.85. The molecule has 0 saturated carbocycles. The van der Waals surface area contributed by atoms with E-state index < -0.39 is 0 Å². The molecule has 3 nitrogen and oxygen atoms in total. The molecule has 3 heteroatoms. The molecular formula is C17H24O3. The number of aryl methyl sites for hydroxylation is 1. The molecule has 0 fully saturated rings. The van der Waals surface area contributed by atoms with E-state index in [0.717, 1.165) is 24.8 Å². The number of benzene rings is 1. The normalized spacial score (nSPS) is 10.3. The van der Waals surface area contributed by atoms with Gasteiger partial charge in [-0.05, 0) is 31.7 Å². The van der Waals surface area contributed by atoms with Crippen molar-refractivity contribution in [1.29, 1.82) is 0 Å². The van der Waals surface area contributed by atoms with Crippen LogP contribution in [0.1, 0.15) is 61.9 Å². The number of carbonyl (C=O) groups excluding carboxylic acids is 2. The molecule has 0 unspecified atom stereocenters. The van der Waals surface area contributed by atoms with Gasteiger partial charge in [-0.3, -0.25) is 9.59 Å². The van der Waals surface area contributed by atoms with Crippen molar-refractivity contribution in [2.75, 3.05) is 6.61 Å². The van der Waals surface area contributed by atoms with Crippen molar-refractivity contribution < 1.29 is 14.3 Å². The summed E-state index contributed by atoms with van der Waals surface area (Å²) in [7, 11) is 0. The third-order valence-corrected chi connectivity index (χ3v) is 3.15. The van der Waals surface area contributed by atoms with Crippen LogP contribution < -0.4 is 0 Å². The van der Waals surface area contributed by atoms with Crippen molar-refractivity contribution in [3.05, 3.63) is 35.4 Å². The number of rotatable bonds is 9. The van der Waals surface area contributed by atoms with Crippen molar-refractivity contribution in [3.63, 3.8) is 0 Å². The number of Topliss-reactive ketones (excluding diaryl/α,β-unsaturated/α-hetero) is 1. The molecule has 0 spiro atoms. The van der Waals surface area contributed by atoms with E-state index in [1.54, 1.807) is 6.92 Å². The number of unbranched alkanes of at least 4 members (excludes halogenated alkanes) is 1. The second kappa shape index (κ2) is 9.29. The fraction of sp³-hybridized carbons (Fsp3) is 0.529. The minimum absolute atomic E-state index is 0.150. The van der Waals surface area contributed by atoms with Crippen LogP contribution in [-0.4, -0.2) is 18.4 Å². The predicted molar refractivity (Wildman–Crippen MR) is 79.9 cm³/mol. The molecule has 0 aliphatic carbocycles. The third kappa shape index (κ3) is 6.00. The maximum absolute atomic E-state index is 12.0. The summed E-state index contributed by atoms with van der Waals surface area (Å²) in [6.45, 7) is 4.36. The van der Waals surface area contributed by atoms with Crippen molar-refractivity contribution >= 4 is 11.8 Å². The Bertz CT molecular complexity index is 420. The van der Waals surface area contributed by atoms with Crippen LogP contribution in [0, 0.1) is 0 Å². The molecule has 1 aromatic rings. The molecule has 0 aromatic heterocycles. The van der Waals surface area contributed by atoms with E-state index in [2.05, 4.69) is 6.92 Å². The minimum Gasteiger partial charge on any atom is -0.466 e. The molecule has 0 amide bonds. The number of hydrogen-bond acceptors (Lipinski definition) is 3. The van der Waals surface area contributed by atoms with Crippen LogP contribution in [0.15, 0.2) is 24.3 Å². The first-order valence-electron chi connectivity index (χ1n) is 7.45. The van der Waals surface area contributed by atoms with E-state index in [9.17, 15) is 9.59 Å². The number of esters is 1. The third-order valence-electron chi connectivity index (χ3n) is 3.15. The van der Waals surface area contributed by atoms with Crippen LogP contribution in [0.5, 0.6) is 0 Å². The van der Waals surface area contributed by atoms with E-state index >= 15 is 0 Å². The van der Waals surface area contributed by atoms with Gasteiger partial charge in [-0.15, -0.1) is 0 Å². The molecule has 20 heavy (non-hydrogen) atoms. The monoisotopic (exact) mass is 276 g/mol. The lowest BCUT2D eigenvalue weighted by Crippen LogP contribution is -2.04. The smallest absolute Gasteiger partial charge is 0.305 e. The van der Waals surface area contributed by atoms with Gasteiger partial charge in [0.1, 0.15) is 0 Å². The van der Waals surface area contributed by atoms with Gasteiger partial charge in [0.05, 0.1) is 6.61 Å². The second-order valence-corrected chi connectivity index (χ2v) is 4.88. The highest BCUT2D eigenvalue weighted by Crippen LogP contribution is 2.11. The standard InChI is InChI=1S/C17H24O3/c1-3-7-14-10-12-15(13-11-14)16(18)8-5-6-9-17(19)20-4-2/h10-13H,3-9H2,1-2H3. The van der Waals surface area contributed by atoms with Crippen molar-refractivity contribution in [2.45, 2.75) is 52.4 Å². The lowest BCUT2D eigenvalue weighted by molar-refractivity contribution is -0.143. The summed E-state index contributed by atoms with van der Waals surface area (Å²) in [5.74, 6) is -0.0271. The van der Waals surface area contributed by atoms with Crippen LogP contribution in [0.2, 0.25) is 0 Å². The average molecular weight is 276 g/mol. The van der Waals surface area contributed by atoms with Crippen molar-refractivity contribution in [2.24, 2.45) is 0 Å². The SMILES string of the molecule is CCCc1ccc(C(=O)CCCCC(=O)OCC)cc1. The number of ketones is 1. The predicted octanol–water partition coefficient (Wildman–Crippen LogP) is 3.95. The van der Waals surface area contributed by atoms with Crippen molar-refractivity contribution in [3.8, 4) is 0 Å². The molecule has 0 aliphatic rings. The van der Waals surface area contributed by atoms with Gasteiger partial charge in [0.2, 0.25) is 0 Å². The Hall–Kier alpha value is -1.64. The van der Waals surface area contributed by atoms with Gasteiger partial charge >= 0.3 is 5.97 Å². The van der Waals surface area contributed by atoms with Gasteiger partial charge in [0, 0.05) is 18.4 Å². The Balaban J connectivity index is 2.30. The van der Waals surface area contributed by atoms with E-state index in [1.807, 2.05) is 24.3 Å². The van der Waals surface area contributed by atoms with Crippen LogP contribution in [0.25, 0.3) is 0 Å². The highest BCUT2D eigenvalue weighted by Gasteiger charge is 2.07. The fourth-order valence-corrected chi connectivity index (χ4v) is 2.08. The highest BCUT2D eigenvalue weighted by atomic mass is 16.5. The largest absolute Gasteiger partial charge is 0.466 e. The molecule has 0 radical (unpaired) electrons. The zero-order chi connectivity index (χ0) is 14.8.